The van der Waals surface area contributed by atoms with E-state index in [0.717, 1.165) is 0 Å². The summed E-state index contributed by atoms with van der Waals surface area (Å²) in [5.74, 6) is 2.04. The van der Waals surface area contributed by atoms with Crippen molar-refractivity contribution in [3.8, 4) is 12.3 Å². The van der Waals surface area contributed by atoms with Gasteiger partial charge in [0.15, 0.2) is 0 Å². The molecule has 0 radical (unpaired) electrons. The van der Waals surface area contributed by atoms with Crippen molar-refractivity contribution in [2.75, 3.05) is 18.4 Å². The number of carbonyl (C=O) groups is 1. The zero-order chi connectivity index (χ0) is 13.5. The molecule has 0 saturated heterocycles. The fraction of sp³-hybridized carbons (Fsp3) is 0.250. The average molecular weight is 247 g/mol. The lowest BCUT2D eigenvalue weighted by atomic mass is 10.1. The smallest absolute Gasteiger partial charge is 0.274 e. The first kappa shape index (κ1) is 13.7. The van der Waals surface area contributed by atoms with E-state index in [9.17, 15) is 14.9 Å². The van der Waals surface area contributed by atoms with Crippen molar-refractivity contribution >= 4 is 17.3 Å². The summed E-state index contributed by atoms with van der Waals surface area (Å²) < 4.78 is 0. The normalized spacial score (nSPS) is 9.56. The van der Waals surface area contributed by atoms with Crippen LogP contribution in [0.25, 0.3) is 0 Å². The Hall–Kier alpha value is -2.39. The standard InChI is InChI=1S/C12H13N3O3/c1-3-7-13-8-12(16)14-10-5-4-6-11(9(10)2)15(17)18/h1,4-6,13H,7-8H2,2H3,(H,14,16). The van der Waals surface area contributed by atoms with Crippen molar-refractivity contribution in [1.29, 1.82) is 0 Å². The van der Waals surface area contributed by atoms with Gasteiger partial charge < -0.3 is 5.32 Å². The van der Waals surface area contributed by atoms with Gasteiger partial charge in [0.1, 0.15) is 0 Å². The lowest BCUT2D eigenvalue weighted by Gasteiger charge is -2.08. The fourth-order valence-electron chi connectivity index (χ4n) is 1.40. The molecule has 2 N–H and O–H groups in total. The molecule has 0 aliphatic rings. The molecule has 6 nitrogen and oxygen atoms in total. The number of nitro benzene ring substituents is 1. The summed E-state index contributed by atoms with van der Waals surface area (Å²) in [7, 11) is 0. The van der Waals surface area contributed by atoms with Gasteiger partial charge in [0, 0.05) is 6.07 Å². The van der Waals surface area contributed by atoms with Gasteiger partial charge >= 0.3 is 0 Å². The number of amides is 1. The monoisotopic (exact) mass is 247 g/mol. The molecule has 1 aromatic rings. The van der Waals surface area contributed by atoms with Crippen LogP contribution in [-0.4, -0.2) is 23.9 Å². The number of anilines is 1. The molecule has 18 heavy (non-hydrogen) atoms. The number of carbonyl (C=O) groups excluding carboxylic acids is 1. The van der Waals surface area contributed by atoms with E-state index in [4.69, 9.17) is 6.42 Å². The molecule has 94 valence electrons. The summed E-state index contributed by atoms with van der Waals surface area (Å²) in [5, 5.41) is 16.0. The molecule has 0 aliphatic carbocycles. The number of terminal acetylenes is 1. The fourth-order valence-corrected chi connectivity index (χ4v) is 1.40. The Morgan fingerprint density at radius 2 is 2.28 bits per heavy atom. The van der Waals surface area contributed by atoms with Crippen LogP contribution in [0.3, 0.4) is 0 Å². The van der Waals surface area contributed by atoms with Crippen molar-refractivity contribution in [2.24, 2.45) is 0 Å². The number of hydrogen-bond acceptors (Lipinski definition) is 4. The highest BCUT2D eigenvalue weighted by molar-refractivity contribution is 5.93. The Morgan fingerprint density at radius 3 is 2.89 bits per heavy atom. The van der Waals surface area contributed by atoms with E-state index in [1.54, 1.807) is 13.0 Å². The van der Waals surface area contributed by atoms with Crippen LogP contribution < -0.4 is 10.6 Å². The van der Waals surface area contributed by atoms with Crippen LogP contribution in [0, 0.1) is 29.4 Å². The minimum absolute atomic E-state index is 0.0237. The highest BCUT2D eigenvalue weighted by Crippen LogP contribution is 2.24. The first-order valence-corrected chi connectivity index (χ1v) is 5.24. The molecule has 0 unspecified atom stereocenters. The molecule has 1 rings (SSSR count). The Bertz CT molecular complexity index is 506. The summed E-state index contributed by atoms with van der Waals surface area (Å²) in [6.07, 6.45) is 5.03. The third kappa shape index (κ3) is 3.57. The zero-order valence-electron chi connectivity index (χ0n) is 9.90. The third-order valence-electron chi connectivity index (χ3n) is 2.29. The summed E-state index contributed by atoms with van der Waals surface area (Å²) in [4.78, 5) is 21.8. The maximum atomic E-state index is 11.5. The molecule has 0 spiro atoms. The van der Waals surface area contributed by atoms with E-state index in [1.807, 2.05) is 0 Å². The average Bonchev–Trinajstić information content (AvgIpc) is 2.32. The van der Waals surface area contributed by atoms with Crippen molar-refractivity contribution in [2.45, 2.75) is 6.92 Å². The summed E-state index contributed by atoms with van der Waals surface area (Å²) in [6, 6.07) is 4.53. The summed E-state index contributed by atoms with van der Waals surface area (Å²) in [5.41, 5.74) is 0.828. The molecule has 6 heteroatoms. The molecule has 0 heterocycles. The second-order valence-corrected chi connectivity index (χ2v) is 3.56. The molecule has 0 aliphatic heterocycles. The van der Waals surface area contributed by atoms with Gasteiger partial charge in [0.05, 0.1) is 29.3 Å². The topological polar surface area (TPSA) is 84.3 Å². The summed E-state index contributed by atoms with van der Waals surface area (Å²) in [6.45, 7) is 1.94. The van der Waals surface area contributed by atoms with Crippen LogP contribution >= 0.6 is 0 Å². The van der Waals surface area contributed by atoms with Crippen molar-refractivity contribution in [3.05, 3.63) is 33.9 Å². The second-order valence-electron chi connectivity index (χ2n) is 3.56. The van der Waals surface area contributed by atoms with E-state index in [1.165, 1.54) is 12.1 Å². The number of benzene rings is 1. The molecule has 0 atom stereocenters. The highest BCUT2D eigenvalue weighted by atomic mass is 16.6. The number of nitro groups is 1. The second kappa shape index (κ2) is 6.37. The predicted molar refractivity (Wildman–Crippen MR) is 68.2 cm³/mol. The Kier molecular flexibility index (Phi) is 4.84. The van der Waals surface area contributed by atoms with E-state index in [0.29, 0.717) is 17.8 Å². The molecule has 0 bridgehead atoms. The number of nitrogens with one attached hydrogen (secondary N) is 2. The molecule has 0 aromatic heterocycles. The van der Waals surface area contributed by atoms with E-state index >= 15 is 0 Å². The van der Waals surface area contributed by atoms with E-state index in [-0.39, 0.29) is 18.1 Å². The van der Waals surface area contributed by atoms with E-state index in [2.05, 4.69) is 16.6 Å². The molecular formula is C12H13N3O3. The molecule has 1 aromatic carbocycles. The lowest BCUT2D eigenvalue weighted by molar-refractivity contribution is -0.385. The van der Waals surface area contributed by atoms with Crippen LogP contribution in [0.2, 0.25) is 0 Å². The van der Waals surface area contributed by atoms with Crippen LogP contribution in [0.1, 0.15) is 5.56 Å². The van der Waals surface area contributed by atoms with Gasteiger partial charge in [-0.05, 0) is 13.0 Å². The Morgan fingerprint density at radius 1 is 1.56 bits per heavy atom. The van der Waals surface area contributed by atoms with Gasteiger partial charge in [-0.3, -0.25) is 20.2 Å². The quantitative estimate of drug-likeness (QED) is 0.353. The Labute approximate surface area is 105 Å². The van der Waals surface area contributed by atoms with Crippen molar-refractivity contribution < 1.29 is 9.72 Å². The maximum absolute atomic E-state index is 11.5. The largest absolute Gasteiger partial charge is 0.324 e. The number of nitrogens with zero attached hydrogens (tertiary/aromatic N) is 1. The maximum Gasteiger partial charge on any atom is 0.274 e. The molecule has 0 saturated carbocycles. The van der Waals surface area contributed by atoms with Crippen LogP contribution in [0.15, 0.2) is 18.2 Å². The molecule has 1 amide bonds. The predicted octanol–water partition coefficient (Wildman–Crippen LogP) is 1.06. The van der Waals surface area contributed by atoms with E-state index < -0.39 is 4.92 Å². The first-order valence-electron chi connectivity index (χ1n) is 5.24. The Balaban J connectivity index is 2.74. The van der Waals surface area contributed by atoms with Crippen molar-refractivity contribution in [1.82, 2.24) is 5.32 Å². The summed E-state index contributed by atoms with van der Waals surface area (Å²) >= 11 is 0. The number of rotatable bonds is 5. The molecule has 0 fully saturated rings. The lowest BCUT2D eigenvalue weighted by Crippen LogP contribution is -2.28. The zero-order valence-corrected chi connectivity index (χ0v) is 9.90. The van der Waals surface area contributed by atoms with Gasteiger partial charge in [0.2, 0.25) is 5.91 Å². The van der Waals surface area contributed by atoms with Crippen LogP contribution in [0.4, 0.5) is 11.4 Å². The number of hydrogen-bond donors (Lipinski definition) is 2. The van der Waals surface area contributed by atoms with Gasteiger partial charge in [0.25, 0.3) is 5.69 Å². The third-order valence-corrected chi connectivity index (χ3v) is 2.29. The van der Waals surface area contributed by atoms with Crippen LogP contribution in [0.5, 0.6) is 0 Å². The minimum Gasteiger partial charge on any atom is -0.324 e. The van der Waals surface area contributed by atoms with Crippen LogP contribution in [-0.2, 0) is 4.79 Å². The first-order chi connectivity index (χ1) is 8.56. The van der Waals surface area contributed by atoms with Gasteiger partial charge in [-0.2, -0.15) is 0 Å². The van der Waals surface area contributed by atoms with Gasteiger partial charge in [-0.15, -0.1) is 6.42 Å². The van der Waals surface area contributed by atoms with Gasteiger partial charge in [-0.1, -0.05) is 12.0 Å². The molecular weight excluding hydrogens is 234 g/mol. The minimum atomic E-state index is -0.485. The van der Waals surface area contributed by atoms with Crippen molar-refractivity contribution in [3.63, 3.8) is 0 Å². The van der Waals surface area contributed by atoms with Gasteiger partial charge in [-0.25, -0.2) is 0 Å². The SMILES string of the molecule is C#CCNCC(=O)Nc1cccc([N+](=O)[O-])c1C. The highest BCUT2D eigenvalue weighted by Gasteiger charge is 2.14.